The number of benzene rings is 2. The lowest BCUT2D eigenvalue weighted by atomic mass is 10.1. The first-order valence-electron chi connectivity index (χ1n) is 7.86. The van der Waals surface area contributed by atoms with E-state index in [4.69, 9.17) is 5.73 Å². The van der Waals surface area contributed by atoms with Crippen LogP contribution in [0.25, 0.3) is 11.3 Å². The van der Waals surface area contributed by atoms with Crippen molar-refractivity contribution in [3.63, 3.8) is 0 Å². The molecular formula is C19H18N4O2. The largest absolute Gasteiger partial charge is 0.329 e. The number of nitrogens with zero attached hydrogens (tertiary/aromatic N) is 2. The Morgan fingerprint density at radius 2 is 1.84 bits per heavy atom. The van der Waals surface area contributed by atoms with Gasteiger partial charge in [-0.3, -0.25) is 9.59 Å². The van der Waals surface area contributed by atoms with Crippen LogP contribution in [0.2, 0.25) is 0 Å². The van der Waals surface area contributed by atoms with Crippen molar-refractivity contribution in [2.45, 2.75) is 13.1 Å². The smallest absolute Gasteiger partial charge is 0.267 e. The SMILES string of the molecule is NCc1ccc(-c2ccc(=O)n(Cc3cccc(NC=O)c3)n2)cc1. The Hall–Kier alpha value is -3.25. The first-order chi connectivity index (χ1) is 12.2. The van der Waals surface area contributed by atoms with Gasteiger partial charge in [-0.15, -0.1) is 0 Å². The van der Waals surface area contributed by atoms with E-state index in [1.54, 1.807) is 12.1 Å². The van der Waals surface area contributed by atoms with Crippen LogP contribution in [0.15, 0.2) is 65.5 Å². The Balaban J connectivity index is 1.90. The summed E-state index contributed by atoms with van der Waals surface area (Å²) < 4.78 is 1.41. The predicted octanol–water partition coefficient (Wildman–Crippen LogP) is 1.99. The predicted molar refractivity (Wildman–Crippen MR) is 97.1 cm³/mol. The van der Waals surface area contributed by atoms with Crippen molar-refractivity contribution in [3.05, 3.63) is 82.1 Å². The van der Waals surface area contributed by atoms with Crippen molar-refractivity contribution < 1.29 is 4.79 Å². The fourth-order valence-electron chi connectivity index (χ4n) is 2.53. The quantitative estimate of drug-likeness (QED) is 0.675. The van der Waals surface area contributed by atoms with Gasteiger partial charge >= 0.3 is 0 Å². The first-order valence-corrected chi connectivity index (χ1v) is 7.86. The number of hydrogen-bond donors (Lipinski definition) is 2. The van der Waals surface area contributed by atoms with E-state index in [0.717, 1.165) is 16.7 Å². The fraction of sp³-hybridized carbons (Fsp3) is 0.105. The van der Waals surface area contributed by atoms with Crippen LogP contribution in [0.4, 0.5) is 5.69 Å². The summed E-state index contributed by atoms with van der Waals surface area (Å²) in [6.45, 7) is 0.806. The minimum Gasteiger partial charge on any atom is -0.329 e. The van der Waals surface area contributed by atoms with Crippen LogP contribution in [-0.4, -0.2) is 16.2 Å². The zero-order valence-corrected chi connectivity index (χ0v) is 13.6. The van der Waals surface area contributed by atoms with Gasteiger partial charge in [-0.1, -0.05) is 36.4 Å². The highest BCUT2D eigenvalue weighted by Crippen LogP contribution is 2.16. The monoisotopic (exact) mass is 334 g/mol. The van der Waals surface area contributed by atoms with Crippen molar-refractivity contribution in [3.8, 4) is 11.3 Å². The molecule has 0 spiro atoms. The number of carbonyl (C=O) groups is 1. The van der Waals surface area contributed by atoms with Crippen LogP contribution >= 0.6 is 0 Å². The molecule has 0 fully saturated rings. The average Bonchev–Trinajstić information content (AvgIpc) is 2.64. The third kappa shape index (κ3) is 3.99. The van der Waals surface area contributed by atoms with Gasteiger partial charge in [-0.25, -0.2) is 4.68 Å². The van der Waals surface area contributed by atoms with E-state index in [1.165, 1.54) is 10.7 Å². The van der Waals surface area contributed by atoms with Gasteiger partial charge in [-0.05, 0) is 29.3 Å². The van der Waals surface area contributed by atoms with E-state index in [9.17, 15) is 9.59 Å². The maximum Gasteiger partial charge on any atom is 0.267 e. The molecule has 1 aromatic heterocycles. The number of nitrogens with one attached hydrogen (secondary N) is 1. The van der Waals surface area contributed by atoms with Crippen LogP contribution in [0.5, 0.6) is 0 Å². The molecule has 3 N–H and O–H groups in total. The van der Waals surface area contributed by atoms with Crippen LogP contribution in [-0.2, 0) is 17.9 Å². The summed E-state index contributed by atoms with van der Waals surface area (Å²) in [4.78, 5) is 22.7. The fourth-order valence-corrected chi connectivity index (χ4v) is 2.53. The number of carbonyl (C=O) groups excluding carboxylic acids is 1. The van der Waals surface area contributed by atoms with E-state index in [2.05, 4.69) is 10.4 Å². The van der Waals surface area contributed by atoms with E-state index < -0.39 is 0 Å². The van der Waals surface area contributed by atoms with E-state index in [0.29, 0.717) is 30.9 Å². The lowest BCUT2D eigenvalue weighted by molar-refractivity contribution is -0.105. The number of anilines is 1. The molecule has 0 unspecified atom stereocenters. The number of hydrogen-bond acceptors (Lipinski definition) is 4. The van der Waals surface area contributed by atoms with Gasteiger partial charge in [0.05, 0.1) is 12.2 Å². The Bertz CT molecular complexity index is 933. The average molecular weight is 334 g/mol. The van der Waals surface area contributed by atoms with Crippen LogP contribution in [0.3, 0.4) is 0 Å². The molecule has 0 saturated heterocycles. The second kappa shape index (κ2) is 7.55. The summed E-state index contributed by atoms with van der Waals surface area (Å²) in [7, 11) is 0. The molecular weight excluding hydrogens is 316 g/mol. The van der Waals surface area contributed by atoms with Gasteiger partial charge in [-0.2, -0.15) is 5.10 Å². The second-order valence-corrected chi connectivity index (χ2v) is 5.58. The summed E-state index contributed by atoms with van der Waals surface area (Å²) in [6.07, 6.45) is 0.620. The molecule has 6 nitrogen and oxygen atoms in total. The highest BCUT2D eigenvalue weighted by Gasteiger charge is 2.05. The van der Waals surface area contributed by atoms with Crippen LogP contribution in [0.1, 0.15) is 11.1 Å². The molecule has 0 bridgehead atoms. The lowest BCUT2D eigenvalue weighted by Gasteiger charge is -2.09. The third-order valence-corrected chi connectivity index (χ3v) is 3.84. The number of rotatable bonds is 6. The molecule has 1 amide bonds. The van der Waals surface area contributed by atoms with E-state index in [-0.39, 0.29) is 5.56 Å². The summed E-state index contributed by atoms with van der Waals surface area (Å²) in [5, 5.41) is 7.05. The van der Waals surface area contributed by atoms with Gasteiger partial charge in [0.15, 0.2) is 0 Å². The molecule has 3 aromatic rings. The highest BCUT2D eigenvalue weighted by atomic mass is 16.1. The normalized spacial score (nSPS) is 10.4. The van der Waals surface area contributed by atoms with Crippen molar-refractivity contribution >= 4 is 12.1 Å². The summed E-state index contributed by atoms with van der Waals surface area (Å²) >= 11 is 0. The molecule has 0 aliphatic heterocycles. The van der Waals surface area contributed by atoms with Crippen molar-refractivity contribution in [1.29, 1.82) is 0 Å². The minimum atomic E-state index is -0.184. The topological polar surface area (TPSA) is 90.0 Å². The highest BCUT2D eigenvalue weighted by molar-refractivity contribution is 5.71. The van der Waals surface area contributed by atoms with Gasteiger partial charge in [0.2, 0.25) is 6.41 Å². The number of aromatic nitrogens is 2. The number of amides is 1. The van der Waals surface area contributed by atoms with Gasteiger partial charge in [0.1, 0.15) is 0 Å². The number of nitrogens with two attached hydrogens (primary N) is 1. The summed E-state index contributed by atoms with van der Waals surface area (Å²) in [5.74, 6) is 0. The second-order valence-electron chi connectivity index (χ2n) is 5.58. The minimum absolute atomic E-state index is 0.184. The maximum absolute atomic E-state index is 12.1. The first kappa shape index (κ1) is 16.6. The molecule has 0 aliphatic rings. The van der Waals surface area contributed by atoms with E-state index >= 15 is 0 Å². The Kier molecular flexibility index (Phi) is 5.01. The third-order valence-electron chi connectivity index (χ3n) is 3.84. The molecule has 1 heterocycles. The zero-order chi connectivity index (χ0) is 17.6. The zero-order valence-electron chi connectivity index (χ0n) is 13.6. The summed E-state index contributed by atoms with van der Waals surface area (Å²) in [5.41, 5.74) is 9.65. The van der Waals surface area contributed by atoms with Crippen molar-refractivity contribution in [2.24, 2.45) is 5.73 Å². The van der Waals surface area contributed by atoms with Crippen LogP contribution < -0.4 is 16.6 Å². The Morgan fingerprint density at radius 1 is 1.04 bits per heavy atom. The molecule has 0 radical (unpaired) electrons. The molecule has 3 rings (SSSR count). The van der Waals surface area contributed by atoms with Gasteiger partial charge < -0.3 is 11.1 Å². The lowest BCUT2D eigenvalue weighted by Crippen LogP contribution is -2.22. The Morgan fingerprint density at radius 3 is 2.56 bits per heavy atom. The molecule has 0 aliphatic carbocycles. The van der Waals surface area contributed by atoms with Crippen LogP contribution in [0, 0.1) is 0 Å². The molecule has 25 heavy (non-hydrogen) atoms. The molecule has 0 atom stereocenters. The van der Waals surface area contributed by atoms with Crippen molar-refractivity contribution in [1.82, 2.24) is 9.78 Å². The molecule has 126 valence electrons. The van der Waals surface area contributed by atoms with Crippen molar-refractivity contribution in [2.75, 3.05) is 5.32 Å². The maximum atomic E-state index is 12.1. The van der Waals surface area contributed by atoms with E-state index in [1.807, 2.05) is 42.5 Å². The molecule has 6 heteroatoms. The van der Waals surface area contributed by atoms with Gasteiger partial charge in [0, 0.05) is 23.9 Å². The standard InChI is InChI=1S/C19H18N4O2/c20-11-14-4-6-16(7-5-14)18-8-9-19(25)23(22-18)12-15-2-1-3-17(10-15)21-13-24/h1-10,13H,11-12,20H2,(H,21,24). The molecule has 2 aromatic carbocycles. The summed E-state index contributed by atoms with van der Waals surface area (Å²) in [6, 6.07) is 18.3. The van der Waals surface area contributed by atoms with Gasteiger partial charge in [0.25, 0.3) is 5.56 Å². The molecule has 0 saturated carbocycles. The Labute approximate surface area is 144 Å².